The third-order valence-corrected chi connectivity index (χ3v) is 5.92. The minimum absolute atomic E-state index is 0.171. The summed E-state index contributed by atoms with van der Waals surface area (Å²) < 4.78 is 0. The molecule has 2 aliphatic heterocycles. The first kappa shape index (κ1) is 13.1. The molecule has 104 valence electrons. The Morgan fingerprint density at radius 3 is 2.74 bits per heavy atom. The zero-order valence-corrected chi connectivity index (χ0v) is 12.4. The maximum absolute atomic E-state index is 11.3. The number of fused-ring (bicyclic) bond motifs is 2. The summed E-state index contributed by atoms with van der Waals surface area (Å²) in [5.41, 5.74) is 1.10. The van der Waals surface area contributed by atoms with Gasteiger partial charge in [0.15, 0.2) is 0 Å². The molecule has 1 aromatic rings. The van der Waals surface area contributed by atoms with Crippen molar-refractivity contribution in [3.63, 3.8) is 0 Å². The third-order valence-electron chi connectivity index (χ3n) is 4.67. The molecule has 4 unspecified atom stereocenters. The van der Waals surface area contributed by atoms with E-state index in [1.165, 1.54) is 4.88 Å². The van der Waals surface area contributed by atoms with Crippen molar-refractivity contribution in [2.24, 2.45) is 5.92 Å². The van der Waals surface area contributed by atoms with Crippen molar-refractivity contribution in [1.82, 2.24) is 9.88 Å². The molecule has 2 aliphatic rings. The normalized spacial score (nSPS) is 31.8. The quantitative estimate of drug-likeness (QED) is 0.925. The van der Waals surface area contributed by atoms with Crippen molar-refractivity contribution in [1.29, 1.82) is 0 Å². The van der Waals surface area contributed by atoms with Crippen molar-refractivity contribution in [3.8, 4) is 0 Å². The second-order valence-electron chi connectivity index (χ2n) is 5.78. The summed E-state index contributed by atoms with van der Waals surface area (Å²) in [6, 6.07) is 0.968. The van der Waals surface area contributed by atoms with E-state index >= 15 is 0 Å². The zero-order valence-electron chi connectivity index (χ0n) is 11.6. The predicted octanol–water partition coefficient (Wildman–Crippen LogP) is 2.76. The second-order valence-corrected chi connectivity index (χ2v) is 7.02. The van der Waals surface area contributed by atoms with Gasteiger partial charge in [0.1, 0.15) is 0 Å². The lowest BCUT2D eigenvalue weighted by Gasteiger charge is -2.29. The molecule has 0 saturated carbocycles. The molecule has 3 rings (SSSR count). The van der Waals surface area contributed by atoms with Crippen molar-refractivity contribution in [3.05, 3.63) is 15.6 Å². The van der Waals surface area contributed by atoms with Crippen molar-refractivity contribution in [2.45, 2.75) is 58.2 Å². The number of aliphatic carboxylic acids is 1. The average molecular weight is 280 g/mol. The first-order chi connectivity index (χ1) is 8.99. The van der Waals surface area contributed by atoms with Crippen LogP contribution in [-0.4, -0.2) is 33.0 Å². The summed E-state index contributed by atoms with van der Waals surface area (Å²) in [5, 5.41) is 10.4. The van der Waals surface area contributed by atoms with Crippen LogP contribution in [0.1, 0.15) is 47.8 Å². The minimum atomic E-state index is -0.624. The zero-order chi connectivity index (χ0) is 13.7. The number of carboxylic acids is 1. The Morgan fingerprint density at radius 2 is 2.21 bits per heavy atom. The summed E-state index contributed by atoms with van der Waals surface area (Å²) in [6.45, 7) is 6.30. The molecule has 0 aliphatic carbocycles. The average Bonchev–Trinajstić information content (AvgIpc) is 3.00. The van der Waals surface area contributed by atoms with Crippen LogP contribution < -0.4 is 0 Å². The minimum Gasteiger partial charge on any atom is -0.481 e. The molecule has 19 heavy (non-hydrogen) atoms. The number of aromatic nitrogens is 1. The van der Waals surface area contributed by atoms with Gasteiger partial charge in [0.2, 0.25) is 0 Å². The number of hydrogen-bond donors (Lipinski definition) is 1. The number of carbonyl (C=O) groups is 1. The Balaban J connectivity index is 1.87. The lowest BCUT2D eigenvalue weighted by atomic mass is 9.89. The second kappa shape index (κ2) is 4.56. The number of hydrogen-bond acceptors (Lipinski definition) is 4. The predicted molar refractivity (Wildman–Crippen MR) is 74.4 cm³/mol. The SMILES string of the molecule is Cc1nc(C)c(C(C)N2C3CCC2C(C(=O)O)C3)s1. The smallest absolute Gasteiger partial charge is 0.308 e. The van der Waals surface area contributed by atoms with E-state index in [-0.39, 0.29) is 12.0 Å². The Bertz CT molecular complexity index is 514. The van der Waals surface area contributed by atoms with E-state index in [0.717, 1.165) is 30.0 Å². The van der Waals surface area contributed by atoms with Gasteiger partial charge in [-0.2, -0.15) is 0 Å². The highest BCUT2D eigenvalue weighted by atomic mass is 32.1. The van der Waals surface area contributed by atoms with E-state index in [4.69, 9.17) is 0 Å². The topological polar surface area (TPSA) is 53.4 Å². The molecule has 4 atom stereocenters. The van der Waals surface area contributed by atoms with E-state index < -0.39 is 5.97 Å². The number of nitrogens with zero attached hydrogens (tertiary/aromatic N) is 2. The fraction of sp³-hybridized carbons (Fsp3) is 0.714. The molecule has 4 nitrogen and oxygen atoms in total. The molecule has 2 fully saturated rings. The summed E-state index contributed by atoms with van der Waals surface area (Å²) >= 11 is 1.75. The van der Waals surface area contributed by atoms with Crippen LogP contribution >= 0.6 is 11.3 Å². The molecule has 3 heterocycles. The van der Waals surface area contributed by atoms with Crippen LogP contribution in [0.5, 0.6) is 0 Å². The first-order valence-corrected chi connectivity index (χ1v) is 7.75. The molecule has 0 aromatic carbocycles. The molecule has 2 bridgehead atoms. The van der Waals surface area contributed by atoms with Gasteiger partial charge in [0.25, 0.3) is 0 Å². The fourth-order valence-electron chi connectivity index (χ4n) is 3.97. The van der Waals surface area contributed by atoms with Gasteiger partial charge in [-0.3, -0.25) is 9.69 Å². The Labute approximate surface area is 117 Å². The number of rotatable bonds is 3. The lowest BCUT2D eigenvalue weighted by molar-refractivity contribution is -0.142. The van der Waals surface area contributed by atoms with E-state index in [2.05, 4.69) is 23.7 Å². The highest BCUT2D eigenvalue weighted by Crippen LogP contribution is 2.47. The van der Waals surface area contributed by atoms with Crippen LogP contribution in [0.2, 0.25) is 0 Å². The van der Waals surface area contributed by atoms with Crippen LogP contribution in [0, 0.1) is 19.8 Å². The molecule has 2 saturated heterocycles. The number of aryl methyl sites for hydroxylation is 2. The number of thiazole rings is 1. The van der Waals surface area contributed by atoms with Crippen molar-refractivity contribution >= 4 is 17.3 Å². The van der Waals surface area contributed by atoms with Gasteiger partial charge in [-0.1, -0.05) is 0 Å². The Kier molecular flexibility index (Phi) is 3.14. The van der Waals surface area contributed by atoms with Crippen molar-refractivity contribution in [2.75, 3.05) is 0 Å². The van der Waals surface area contributed by atoms with Crippen molar-refractivity contribution < 1.29 is 9.90 Å². The Morgan fingerprint density at radius 1 is 1.47 bits per heavy atom. The summed E-state index contributed by atoms with van der Waals surface area (Å²) in [4.78, 5) is 19.6. The molecule has 5 heteroatoms. The monoisotopic (exact) mass is 280 g/mol. The molecule has 1 aromatic heterocycles. The lowest BCUT2D eigenvalue weighted by Crippen LogP contribution is -2.34. The maximum Gasteiger partial charge on any atom is 0.308 e. The molecule has 1 N–H and O–H groups in total. The largest absolute Gasteiger partial charge is 0.481 e. The third kappa shape index (κ3) is 1.99. The summed E-state index contributed by atoms with van der Waals surface area (Å²) in [5.74, 6) is -0.794. The highest BCUT2D eigenvalue weighted by Gasteiger charge is 2.51. The van der Waals surface area contributed by atoms with E-state index in [1.54, 1.807) is 11.3 Å². The van der Waals surface area contributed by atoms with Crippen LogP contribution in [0.3, 0.4) is 0 Å². The van der Waals surface area contributed by atoms with Gasteiger partial charge < -0.3 is 5.11 Å². The van der Waals surface area contributed by atoms with Crippen LogP contribution in [0.25, 0.3) is 0 Å². The highest BCUT2D eigenvalue weighted by molar-refractivity contribution is 7.11. The van der Waals surface area contributed by atoms with Gasteiger partial charge >= 0.3 is 5.97 Å². The Hall–Kier alpha value is -0.940. The maximum atomic E-state index is 11.3. The fourth-order valence-corrected chi connectivity index (χ4v) is 4.96. The van der Waals surface area contributed by atoms with Crippen LogP contribution in [0.15, 0.2) is 0 Å². The van der Waals surface area contributed by atoms with E-state index in [1.807, 2.05) is 6.92 Å². The van der Waals surface area contributed by atoms with Crippen LogP contribution in [-0.2, 0) is 4.79 Å². The van der Waals surface area contributed by atoms with Gasteiger partial charge in [-0.25, -0.2) is 4.98 Å². The molecular weight excluding hydrogens is 260 g/mol. The van der Waals surface area contributed by atoms with E-state index in [9.17, 15) is 9.90 Å². The van der Waals surface area contributed by atoms with E-state index in [0.29, 0.717) is 12.1 Å². The van der Waals surface area contributed by atoms with Gasteiger partial charge in [0, 0.05) is 23.0 Å². The molecule has 0 spiro atoms. The first-order valence-electron chi connectivity index (χ1n) is 6.93. The summed E-state index contributed by atoms with van der Waals surface area (Å²) in [6.07, 6.45) is 3.00. The van der Waals surface area contributed by atoms with Gasteiger partial charge in [0.05, 0.1) is 16.6 Å². The van der Waals surface area contributed by atoms with Crippen LogP contribution in [0.4, 0.5) is 0 Å². The number of carboxylic acid groups (broad SMARTS) is 1. The summed E-state index contributed by atoms with van der Waals surface area (Å²) in [7, 11) is 0. The molecule has 0 radical (unpaired) electrons. The molecule has 0 amide bonds. The molecular formula is C14H20N2O2S. The van der Waals surface area contributed by atoms with Gasteiger partial charge in [-0.05, 0) is 40.0 Å². The standard InChI is InChI=1S/C14H20N2O2S/c1-7-13(19-9(3)15-7)8(2)16-10-4-5-12(16)11(6-10)14(17)18/h8,10-12H,4-6H2,1-3H3,(H,17,18). The van der Waals surface area contributed by atoms with Gasteiger partial charge in [-0.15, -0.1) is 11.3 Å².